The minimum Gasteiger partial charge on any atom is -0.496 e. The lowest BCUT2D eigenvalue weighted by Crippen LogP contribution is -2.41. The highest BCUT2D eigenvalue weighted by molar-refractivity contribution is 5.66. The van der Waals surface area contributed by atoms with Crippen LogP contribution in [0.1, 0.15) is 23.9 Å². The van der Waals surface area contributed by atoms with Crippen molar-refractivity contribution in [2.75, 3.05) is 18.6 Å². The first-order valence-electron chi connectivity index (χ1n) is 9.37. The van der Waals surface area contributed by atoms with Crippen LogP contribution in [0.25, 0.3) is 17.1 Å². The van der Waals surface area contributed by atoms with E-state index in [1.165, 1.54) is 0 Å². The molecule has 2 aromatic heterocycles. The molecule has 0 saturated carbocycles. The summed E-state index contributed by atoms with van der Waals surface area (Å²) in [7, 11) is 1.63. The molecule has 145 valence electrons. The molecule has 0 bridgehead atoms. The lowest BCUT2D eigenvalue weighted by atomic mass is 10.00. The molecule has 0 N–H and O–H groups in total. The largest absolute Gasteiger partial charge is 0.496 e. The summed E-state index contributed by atoms with van der Waals surface area (Å²) in [6.07, 6.45) is 4.23. The number of methoxy groups -OCH3 is 1. The van der Waals surface area contributed by atoms with Crippen LogP contribution in [-0.2, 0) is 0 Å². The molecule has 1 fully saturated rings. The summed E-state index contributed by atoms with van der Waals surface area (Å²) >= 11 is 0. The van der Waals surface area contributed by atoms with E-state index in [0.717, 1.165) is 35.5 Å². The summed E-state index contributed by atoms with van der Waals surface area (Å²) in [4.78, 5) is 8.46. The molecule has 4 aromatic rings. The van der Waals surface area contributed by atoms with Crippen molar-refractivity contribution >= 4 is 5.69 Å². The van der Waals surface area contributed by atoms with Crippen molar-refractivity contribution in [1.82, 2.24) is 25.1 Å². The summed E-state index contributed by atoms with van der Waals surface area (Å²) in [6.45, 7) is 2.92. The van der Waals surface area contributed by atoms with Gasteiger partial charge in [0.1, 0.15) is 17.5 Å². The van der Waals surface area contributed by atoms with Crippen molar-refractivity contribution in [3.05, 3.63) is 66.3 Å². The minimum atomic E-state index is -0.00420. The van der Waals surface area contributed by atoms with Crippen LogP contribution in [-0.4, -0.2) is 38.8 Å². The number of anilines is 1. The third-order valence-corrected chi connectivity index (χ3v) is 5.07. The topological polar surface area (TPSA) is 82.1 Å². The Hall–Kier alpha value is -3.68. The molecule has 8 heteroatoms. The first-order chi connectivity index (χ1) is 14.2. The second kappa shape index (κ2) is 7.05. The van der Waals surface area contributed by atoms with E-state index < -0.39 is 0 Å². The number of nitrogens with zero attached hydrogens (tertiary/aromatic N) is 6. The van der Waals surface area contributed by atoms with Gasteiger partial charge in [-0.25, -0.2) is 0 Å². The number of para-hydroxylation sites is 1. The van der Waals surface area contributed by atoms with Crippen molar-refractivity contribution in [3.63, 3.8) is 0 Å². The highest BCUT2D eigenvalue weighted by Gasteiger charge is 2.36. The fourth-order valence-corrected chi connectivity index (χ4v) is 3.53. The fourth-order valence-electron chi connectivity index (χ4n) is 3.53. The second-order valence-electron chi connectivity index (χ2n) is 6.88. The van der Waals surface area contributed by atoms with Gasteiger partial charge in [-0.2, -0.15) is 15.2 Å². The summed E-state index contributed by atoms with van der Waals surface area (Å²) in [5.41, 5.74) is 3.72. The molecule has 5 rings (SSSR count). The van der Waals surface area contributed by atoms with E-state index in [1.807, 2.05) is 37.3 Å². The molecule has 0 spiro atoms. The van der Waals surface area contributed by atoms with Gasteiger partial charge >= 0.3 is 0 Å². The van der Waals surface area contributed by atoms with Crippen molar-refractivity contribution in [2.45, 2.75) is 19.4 Å². The van der Waals surface area contributed by atoms with Gasteiger partial charge in [0, 0.05) is 12.6 Å². The van der Waals surface area contributed by atoms with Gasteiger partial charge in [-0.1, -0.05) is 17.3 Å². The molecule has 0 aliphatic carbocycles. The van der Waals surface area contributed by atoms with E-state index in [1.54, 1.807) is 24.3 Å². The number of benzene rings is 2. The van der Waals surface area contributed by atoms with Crippen LogP contribution in [0.2, 0.25) is 0 Å². The number of aromatic nitrogens is 5. The van der Waals surface area contributed by atoms with Crippen LogP contribution in [0.4, 0.5) is 5.69 Å². The Kier molecular flexibility index (Phi) is 4.23. The van der Waals surface area contributed by atoms with E-state index >= 15 is 0 Å². The van der Waals surface area contributed by atoms with Crippen LogP contribution in [0, 0.1) is 13.0 Å². The van der Waals surface area contributed by atoms with Crippen molar-refractivity contribution in [2.24, 2.45) is 0 Å². The molecular formula is C21H19N6O2. The zero-order valence-corrected chi connectivity index (χ0v) is 16.1. The Morgan fingerprint density at radius 3 is 2.79 bits per heavy atom. The Bertz CT molecular complexity index is 1140. The van der Waals surface area contributed by atoms with Gasteiger partial charge in [0.2, 0.25) is 11.7 Å². The number of ether oxygens (including phenoxy) is 1. The molecular weight excluding hydrogens is 368 g/mol. The summed E-state index contributed by atoms with van der Waals surface area (Å²) in [5.74, 6) is 1.82. The third-order valence-electron chi connectivity index (χ3n) is 5.07. The van der Waals surface area contributed by atoms with Crippen molar-refractivity contribution in [3.8, 4) is 22.8 Å². The van der Waals surface area contributed by atoms with Crippen molar-refractivity contribution < 1.29 is 9.26 Å². The lowest BCUT2D eigenvalue weighted by molar-refractivity contribution is 0.309. The van der Waals surface area contributed by atoms with Gasteiger partial charge < -0.3 is 14.2 Å². The van der Waals surface area contributed by atoms with Gasteiger partial charge in [0.05, 0.1) is 30.8 Å². The van der Waals surface area contributed by atoms with Crippen LogP contribution in [0.5, 0.6) is 5.75 Å². The Labute approximate surface area is 167 Å². The number of hydrogen-bond acceptors (Lipinski definition) is 7. The maximum absolute atomic E-state index is 5.63. The molecule has 2 aromatic carbocycles. The predicted molar refractivity (Wildman–Crippen MR) is 106 cm³/mol. The third kappa shape index (κ3) is 3.02. The molecule has 29 heavy (non-hydrogen) atoms. The normalized spacial score (nSPS) is 15.9. The molecule has 1 radical (unpaired) electrons. The molecule has 8 nitrogen and oxygen atoms in total. The summed E-state index contributed by atoms with van der Waals surface area (Å²) < 4.78 is 11.0. The molecule has 1 aliphatic heterocycles. The van der Waals surface area contributed by atoms with E-state index in [4.69, 9.17) is 9.26 Å². The van der Waals surface area contributed by atoms with Crippen LogP contribution < -0.4 is 9.64 Å². The average Bonchev–Trinajstić information content (AvgIpc) is 3.40. The monoisotopic (exact) mass is 387 g/mol. The summed E-state index contributed by atoms with van der Waals surface area (Å²) in [6, 6.07) is 15.0. The van der Waals surface area contributed by atoms with Gasteiger partial charge in [-0.3, -0.25) is 0 Å². The van der Waals surface area contributed by atoms with Crippen LogP contribution >= 0.6 is 0 Å². The first-order valence-corrected chi connectivity index (χ1v) is 9.37. The van der Waals surface area contributed by atoms with E-state index in [0.29, 0.717) is 17.5 Å². The molecule has 3 heterocycles. The van der Waals surface area contributed by atoms with E-state index in [9.17, 15) is 0 Å². The summed E-state index contributed by atoms with van der Waals surface area (Å²) in [5, 5.41) is 12.7. The highest BCUT2D eigenvalue weighted by atomic mass is 16.5. The number of aryl methyl sites for hydroxylation is 1. The Morgan fingerprint density at radius 2 is 2.03 bits per heavy atom. The quantitative estimate of drug-likeness (QED) is 0.519. The van der Waals surface area contributed by atoms with Gasteiger partial charge in [0.15, 0.2) is 0 Å². The lowest BCUT2D eigenvalue weighted by Gasteiger charge is -2.41. The van der Waals surface area contributed by atoms with Gasteiger partial charge in [0.25, 0.3) is 0 Å². The predicted octanol–water partition coefficient (Wildman–Crippen LogP) is 3.39. The maximum atomic E-state index is 5.63. The molecule has 0 amide bonds. The standard InChI is InChI=1S/C21H19N6O2/c1-14-7-8-16(27-22-10-11-23-27)18(13-14)26-12-9-17(26)21-24-20(25-29-21)15-5-3-4-6-19(15)28-2/h3-7,10-11,13,17H,9,12H2,1-2H3/t17-/m0/s1. The molecule has 1 atom stereocenters. The second-order valence-corrected chi connectivity index (χ2v) is 6.88. The zero-order valence-electron chi connectivity index (χ0n) is 16.1. The molecule has 1 aliphatic rings. The van der Waals surface area contributed by atoms with Crippen LogP contribution in [0.15, 0.2) is 53.3 Å². The Balaban J connectivity index is 1.48. The molecule has 0 unspecified atom stereocenters. The highest BCUT2D eigenvalue weighted by Crippen LogP contribution is 2.40. The van der Waals surface area contributed by atoms with Crippen molar-refractivity contribution in [1.29, 1.82) is 0 Å². The Morgan fingerprint density at radius 1 is 1.21 bits per heavy atom. The zero-order chi connectivity index (χ0) is 19.8. The van der Waals surface area contributed by atoms with Gasteiger partial charge in [-0.05, 0) is 43.2 Å². The smallest absolute Gasteiger partial charge is 0.249 e. The van der Waals surface area contributed by atoms with E-state index in [-0.39, 0.29) is 6.04 Å². The number of hydrogen-bond donors (Lipinski definition) is 0. The molecule has 1 saturated heterocycles. The maximum Gasteiger partial charge on any atom is 0.249 e. The average molecular weight is 387 g/mol. The number of rotatable bonds is 5. The van der Waals surface area contributed by atoms with Gasteiger partial charge in [-0.15, -0.1) is 4.80 Å². The fraction of sp³-hybridized carbons (Fsp3) is 0.238. The SMILES string of the molecule is COc1ccccc1-c1noc([C@@H]2CCN2c2cc(C)c[c]c2-n2nccn2)n1. The minimum absolute atomic E-state index is 0.00420. The van der Waals surface area contributed by atoms with Crippen LogP contribution in [0.3, 0.4) is 0 Å². The first kappa shape index (κ1) is 17.4. The van der Waals surface area contributed by atoms with E-state index in [2.05, 4.69) is 37.4 Å².